The Balaban J connectivity index is 1.55. The van der Waals surface area contributed by atoms with Gasteiger partial charge in [0.1, 0.15) is 0 Å². The topological polar surface area (TPSA) is 60.7 Å². The van der Waals surface area contributed by atoms with E-state index in [0.29, 0.717) is 21.0 Å². The van der Waals surface area contributed by atoms with E-state index >= 15 is 0 Å². The highest BCUT2D eigenvalue weighted by Gasteiger charge is 2.30. The van der Waals surface area contributed by atoms with Crippen molar-refractivity contribution in [3.63, 3.8) is 0 Å². The van der Waals surface area contributed by atoms with Gasteiger partial charge in [-0.05, 0) is 37.1 Å². The molecule has 122 valence electrons. The van der Waals surface area contributed by atoms with E-state index in [1.54, 1.807) is 24.5 Å². The van der Waals surface area contributed by atoms with Crippen LogP contribution in [0.3, 0.4) is 0 Å². The van der Waals surface area contributed by atoms with Crippen molar-refractivity contribution in [3.8, 4) is 11.4 Å². The maximum Gasteiger partial charge on any atom is 0.192 e. The molecule has 0 radical (unpaired) electrons. The molecular formula is C16H13ClN4OS2. The number of aromatic nitrogens is 4. The van der Waals surface area contributed by atoms with Crippen LogP contribution in [0.5, 0.6) is 0 Å². The Kier molecular flexibility index (Phi) is 4.39. The minimum atomic E-state index is 0.0603. The number of pyridine rings is 1. The molecule has 0 atom stereocenters. The summed E-state index contributed by atoms with van der Waals surface area (Å²) in [4.78, 5) is 17.1. The maximum atomic E-state index is 12.3. The van der Waals surface area contributed by atoms with Crippen molar-refractivity contribution in [1.29, 1.82) is 0 Å². The standard InChI is InChI=1S/C16H13ClN4OS2/c17-14-6-5-13(24-14)12(22)9-23-16-20-19-15(21(16)11-3-4-11)10-2-1-7-18-8-10/h1-2,5-8,11H,3-4,9H2. The van der Waals surface area contributed by atoms with Gasteiger partial charge in [0.05, 0.1) is 15.0 Å². The second kappa shape index (κ2) is 6.66. The Hall–Kier alpha value is -1.70. The monoisotopic (exact) mass is 376 g/mol. The average molecular weight is 377 g/mol. The van der Waals surface area contributed by atoms with E-state index in [4.69, 9.17) is 11.6 Å². The number of nitrogens with zero attached hydrogens (tertiary/aromatic N) is 4. The zero-order valence-electron chi connectivity index (χ0n) is 12.6. The van der Waals surface area contributed by atoms with E-state index < -0.39 is 0 Å². The third-order valence-electron chi connectivity index (χ3n) is 3.68. The van der Waals surface area contributed by atoms with E-state index in [1.165, 1.54) is 23.1 Å². The third-order valence-corrected chi connectivity index (χ3v) is 5.89. The molecule has 1 aliphatic carbocycles. The van der Waals surface area contributed by atoms with Crippen LogP contribution in [0.2, 0.25) is 4.34 Å². The molecule has 0 amide bonds. The van der Waals surface area contributed by atoms with Crippen LogP contribution in [-0.2, 0) is 0 Å². The van der Waals surface area contributed by atoms with Gasteiger partial charge in [0.2, 0.25) is 0 Å². The average Bonchev–Trinajstić information content (AvgIpc) is 3.20. The molecule has 0 aliphatic heterocycles. The van der Waals surface area contributed by atoms with Gasteiger partial charge in [-0.15, -0.1) is 21.5 Å². The van der Waals surface area contributed by atoms with Crippen LogP contribution in [0.15, 0.2) is 41.8 Å². The van der Waals surface area contributed by atoms with Crippen molar-refractivity contribution in [2.75, 3.05) is 5.75 Å². The second-order valence-corrected chi connectivity index (χ2v) is 8.12. The number of hydrogen-bond acceptors (Lipinski definition) is 6. The summed E-state index contributed by atoms with van der Waals surface area (Å²) in [6, 6.07) is 7.80. The summed E-state index contributed by atoms with van der Waals surface area (Å²) >= 11 is 8.63. The Morgan fingerprint density at radius 2 is 2.21 bits per heavy atom. The molecule has 0 aromatic carbocycles. The molecular weight excluding hydrogens is 364 g/mol. The molecule has 3 aromatic heterocycles. The molecule has 5 nitrogen and oxygen atoms in total. The van der Waals surface area contributed by atoms with Crippen molar-refractivity contribution in [2.24, 2.45) is 0 Å². The Morgan fingerprint density at radius 3 is 2.88 bits per heavy atom. The number of hydrogen-bond donors (Lipinski definition) is 0. The van der Waals surface area contributed by atoms with Crippen LogP contribution in [0.1, 0.15) is 28.6 Å². The van der Waals surface area contributed by atoms with Crippen LogP contribution in [-0.4, -0.2) is 31.3 Å². The number of thioether (sulfide) groups is 1. The highest BCUT2D eigenvalue weighted by atomic mass is 35.5. The lowest BCUT2D eigenvalue weighted by molar-refractivity contribution is 0.102. The minimum Gasteiger partial charge on any atom is -0.299 e. The molecule has 0 N–H and O–H groups in total. The molecule has 1 fully saturated rings. The van der Waals surface area contributed by atoms with Crippen LogP contribution < -0.4 is 0 Å². The summed E-state index contributed by atoms with van der Waals surface area (Å²) in [5.74, 6) is 1.21. The molecule has 24 heavy (non-hydrogen) atoms. The SMILES string of the molecule is O=C(CSc1nnc(-c2cccnc2)n1C1CC1)c1ccc(Cl)s1. The van der Waals surface area contributed by atoms with Gasteiger partial charge < -0.3 is 0 Å². The van der Waals surface area contributed by atoms with Crippen molar-refractivity contribution >= 4 is 40.5 Å². The first kappa shape index (κ1) is 15.8. The lowest BCUT2D eigenvalue weighted by Crippen LogP contribution is -2.04. The Morgan fingerprint density at radius 1 is 1.33 bits per heavy atom. The lowest BCUT2D eigenvalue weighted by atomic mass is 10.3. The van der Waals surface area contributed by atoms with Gasteiger partial charge in [-0.1, -0.05) is 23.4 Å². The second-order valence-electron chi connectivity index (χ2n) is 5.46. The van der Waals surface area contributed by atoms with Crippen LogP contribution in [0, 0.1) is 0 Å². The summed E-state index contributed by atoms with van der Waals surface area (Å²) in [6.07, 6.45) is 5.76. The molecule has 0 unspecified atom stereocenters. The number of rotatable bonds is 6. The van der Waals surface area contributed by atoms with E-state index in [0.717, 1.165) is 29.4 Å². The van der Waals surface area contributed by atoms with Crippen LogP contribution in [0.25, 0.3) is 11.4 Å². The minimum absolute atomic E-state index is 0.0603. The summed E-state index contributed by atoms with van der Waals surface area (Å²) in [6.45, 7) is 0. The highest BCUT2D eigenvalue weighted by molar-refractivity contribution is 7.99. The molecule has 3 aromatic rings. The van der Waals surface area contributed by atoms with Crippen molar-refractivity contribution in [1.82, 2.24) is 19.7 Å². The summed E-state index contributed by atoms with van der Waals surface area (Å²) in [5, 5.41) is 9.41. The van der Waals surface area contributed by atoms with Gasteiger partial charge in [0.25, 0.3) is 0 Å². The highest BCUT2D eigenvalue weighted by Crippen LogP contribution is 2.41. The van der Waals surface area contributed by atoms with Gasteiger partial charge >= 0.3 is 0 Å². The number of ketones is 1. The van der Waals surface area contributed by atoms with E-state index in [9.17, 15) is 4.79 Å². The first-order valence-electron chi connectivity index (χ1n) is 7.49. The largest absolute Gasteiger partial charge is 0.299 e. The Bertz CT molecular complexity index is 873. The van der Waals surface area contributed by atoms with E-state index in [2.05, 4.69) is 19.7 Å². The number of carbonyl (C=O) groups excluding carboxylic acids is 1. The molecule has 0 bridgehead atoms. The van der Waals surface area contributed by atoms with Gasteiger partial charge in [0, 0.05) is 24.0 Å². The number of halogens is 1. The lowest BCUT2D eigenvalue weighted by Gasteiger charge is -2.08. The number of carbonyl (C=O) groups is 1. The first-order valence-corrected chi connectivity index (χ1v) is 9.67. The van der Waals surface area contributed by atoms with Crippen LogP contribution >= 0.6 is 34.7 Å². The van der Waals surface area contributed by atoms with Crippen molar-refractivity contribution in [3.05, 3.63) is 45.9 Å². The van der Waals surface area contributed by atoms with Crippen molar-refractivity contribution in [2.45, 2.75) is 24.0 Å². The fourth-order valence-corrected chi connectivity index (χ4v) is 4.36. The van der Waals surface area contributed by atoms with Gasteiger partial charge in [-0.25, -0.2) is 0 Å². The predicted molar refractivity (Wildman–Crippen MR) is 95.9 cm³/mol. The summed E-state index contributed by atoms with van der Waals surface area (Å²) < 4.78 is 2.76. The zero-order chi connectivity index (χ0) is 16.5. The molecule has 8 heteroatoms. The zero-order valence-corrected chi connectivity index (χ0v) is 14.9. The van der Waals surface area contributed by atoms with E-state index in [-0.39, 0.29) is 5.78 Å². The molecule has 0 spiro atoms. The summed E-state index contributed by atoms with van der Waals surface area (Å²) in [7, 11) is 0. The first-order chi connectivity index (χ1) is 11.7. The molecule has 0 saturated heterocycles. The molecule has 4 rings (SSSR count). The van der Waals surface area contributed by atoms with Crippen LogP contribution in [0.4, 0.5) is 0 Å². The Labute approximate surface area is 152 Å². The summed E-state index contributed by atoms with van der Waals surface area (Å²) in [5.41, 5.74) is 0.945. The molecule has 1 saturated carbocycles. The number of Topliss-reactive ketones (excluding diaryl/α,β-unsaturated/α-hetero) is 1. The predicted octanol–water partition coefficient (Wildman–Crippen LogP) is 4.36. The molecule has 3 heterocycles. The normalized spacial score (nSPS) is 14.0. The van der Waals surface area contributed by atoms with Gasteiger partial charge in [0.15, 0.2) is 16.8 Å². The van der Waals surface area contributed by atoms with Gasteiger partial charge in [-0.2, -0.15) is 0 Å². The third kappa shape index (κ3) is 3.24. The number of thiophene rings is 1. The van der Waals surface area contributed by atoms with E-state index in [1.807, 2.05) is 12.1 Å². The quantitative estimate of drug-likeness (QED) is 0.472. The molecule has 1 aliphatic rings. The maximum absolute atomic E-state index is 12.3. The smallest absolute Gasteiger partial charge is 0.192 e. The van der Waals surface area contributed by atoms with Crippen molar-refractivity contribution < 1.29 is 4.79 Å². The van der Waals surface area contributed by atoms with Gasteiger partial charge in [-0.3, -0.25) is 14.3 Å². The fourth-order valence-electron chi connectivity index (χ4n) is 2.39. The fraction of sp³-hybridized carbons (Fsp3) is 0.250.